The van der Waals surface area contributed by atoms with Crippen molar-refractivity contribution in [3.63, 3.8) is 0 Å². The molecule has 0 saturated carbocycles. The van der Waals surface area contributed by atoms with Gasteiger partial charge in [0.2, 0.25) is 6.29 Å². The van der Waals surface area contributed by atoms with Crippen LogP contribution in [0, 0.1) is 5.82 Å². The van der Waals surface area contributed by atoms with Crippen molar-refractivity contribution in [1.82, 2.24) is 0 Å². The van der Waals surface area contributed by atoms with E-state index in [-0.39, 0.29) is 5.82 Å². The van der Waals surface area contributed by atoms with Gasteiger partial charge in [-0.15, -0.1) is 0 Å². The fourth-order valence-electron chi connectivity index (χ4n) is 1.39. The van der Waals surface area contributed by atoms with Crippen LogP contribution in [0.1, 0.15) is 16.7 Å². The average molecular weight is 149 g/mol. The zero-order valence-electron chi connectivity index (χ0n) is 5.86. The normalized spacial score (nSPS) is 13.5. The van der Waals surface area contributed by atoms with E-state index in [0.29, 0.717) is 11.1 Å². The predicted molar refractivity (Wildman–Crippen MR) is 38.6 cm³/mol. The molecule has 1 aromatic rings. The van der Waals surface area contributed by atoms with Crippen molar-refractivity contribution < 1.29 is 9.18 Å². The third-order valence-corrected chi connectivity index (χ3v) is 2.11. The van der Waals surface area contributed by atoms with E-state index in [1.54, 1.807) is 6.29 Å². The van der Waals surface area contributed by atoms with E-state index in [0.717, 1.165) is 18.4 Å². The molecular formula is C9H6FO. The lowest BCUT2D eigenvalue weighted by atomic mass is 9.85. The Morgan fingerprint density at radius 3 is 2.55 bits per heavy atom. The molecule has 0 unspecified atom stereocenters. The van der Waals surface area contributed by atoms with Gasteiger partial charge in [-0.1, -0.05) is 0 Å². The predicted octanol–water partition coefficient (Wildman–Crippen LogP) is 1.38. The number of rotatable bonds is 1. The van der Waals surface area contributed by atoms with E-state index in [1.807, 2.05) is 0 Å². The minimum absolute atomic E-state index is 0.190. The maximum atomic E-state index is 12.8. The molecule has 0 heterocycles. The number of fused-ring (bicyclic) bond motifs is 1. The molecule has 1 aliphatic carbocycles. The Bertz CT molecular complexity index is 318. The first-order valence-electron chi connectivity index (χ1n) is 3.51. The van der Waals surface area contributed by atoms with E-state index < -0.39 is 0 Å². The summed E-state index contributed by atoms with van der Waals surface area (Å²) >= 11 is 0. The standard InChI is InChI=1S/C9H6FO/c10-9-4-1-6(5-11)7-2-3-8(7)9/h1,4H,2-3H2. The van der Waals surface area contributed by atoms with Crippen LogP contribution in [0.5, 0.6) is 0 Å². The van der Waals surface area contributed by atoms with Gasteiger partial charge in [-0.3, -0.25) is 4.79 Å². The van der Waals surface area contributed by atoms with E-state index in [1.165, 1.54) is 12.1 Å². The maximum Gasteiger partial charge on any atom is 0.233 e. The second-order valence-electron chi connectivity index (χ2n) is 2.65. The van der Waals surface area contributed by atoms with Crippen LogP contribution in [0.4, 0.5) is 4.39 Å². The molecule has 1 aliphatic rings. The van der Waals surface area contributed by atoms with Crippen LogP contribution in [0.2, 0.25) is 0 Å². The van der Waals surface area contributed by atoms with Crippen molar-refractivity contribution in [2.24, 2.45) is 0 Å². The van der Waals surface area contributed by atoms with Crippen molar-refractivity contribution in [2.45, 2.75) is 12.8 Å². The summed E-state index contributed by atoms with van der Waals surface area (Å²) in [6.07, 6.45) is 3.38. The van der Waals surface area contributed by atoms with Gasteiger partial charge >= 0.3 is 0 Å². The summed E-state index contributed by atoms with van der Waals surface area (Å²) in [7, 11) is 0. The van der Waals surface area contributed by atoms with Gasteiger partial charge in [-0.25, -0.2) is 4.39 Å². The number of hydrogen-bond donors (Lipinski definition) is 0. The summed E-state index contributed by atoms with van der Waals surface area (Å²) < 4.78 is 12.8. The third-order valence-electron chi connectivity index (χ3n) is 2.11. The first-order valence-corrected chi connectivity index (χ1v) is 3.51. The van der Waals surface area contributed by atoms with Crippen molar-refractivity contribution >= 4 is 6.29 Å². The molecule has 55 valence electrons. The largest absolute Gasteiger partial charge is 0.285 e. The fourth-order valence-corrected chi connectivity index (χ4v) is 1.39. The Balaban J connectivity index is 2.64. The monoisotopic (exact) mass is 149 g/mol. The third kappa shape index (κ3) is 0.788. The van der Waals surface area contributed by atoms with E-state index in [4.69, 9.17) is 0 Å². The van der Waals surface area contributed by atoms with Crippen molar-refractivity contribution in [3.8, 4) is 0 Å². The lowest BCUT2D eigenvalue weighted by molar-refractivity contribution is 0.559. The van der Waals surface area contributed by atoms with Gasteiger partial charge in [0, 0.05) is 5.56 Å². The van der Waals surface area contributed by atoms with Crippen LogP contribution < -0.4 is 0 Å². The Morgan fingerprint density at radius 2 is 2.00 bits per heavy atom. The molecule has 0 bridgehead atoms. The van der Waals surface area contributed by atoms with Crippen LogP contribution in [0.3, 0.4) is 0 Å². The number of halogens is 1. The van der Waals surface area contributed by atoms with Gasteiger partial charge in [0.1, 0.15) is 5.82 Å². The molecule has 2 rings (SSSR count). The molecule has 0 saturated heterocycles. The topological polar surface area (TPSA) is 17.1 Å². The highest BCUT2D eigenvalue weighted by Gasteiger charge is 2.20. The molecule has 0 amide bonds. The molecule has 0 spiro atoms. The Hall–Kier alpha value is -1.18. The first kappa shape index (κ1) is 6.53. The van der Waals surface area contributed by atoms with Crippen LogP contribution in [0.15, 0.2) is 12.1 Å². The quantitative estimate of drug-likeness (QED) is 0.589. The Labute approximate surface area is 63.8 Å². The minimum atomic E-state index is -0.190. The molecule has 2 heteroatoms. The molecule has 0 atom stereocenters. The Morgan fingerprint density at radius 1 is 1.27 bits per heavy atom. The van der Waals surface area contributed by atoms with Gasteiger partial charge in [0.25, 0.3) is 0 Å². The van der Waals surface area contributed by atoms with Gasteiger partial charge < -0.3 is 0 Å². The van der Waals surface area contributed by atoms with Crippen LogP contribution in [-0.2, 0) is 17.6 Å². The van der Waals surface area contributed by atoms with Crippen LogP contribution in [0.25, 0.3) is 0 Å². The fraction of sp³-hybridized carbons (Fsp3) is 0.222. The summed E-state index contributed by atoms with van der Waals surface area (Å²) in [6.45, 7) is 0. The van der Waals surface area contributed by atoms with Crippen LogP contribution in [-0.4, -0.2) is 6.29 Å². The summed E-state index contributed by atoms with van der Waals surface area (Å²) in [5, 5.41) is 0. The number of carbonyl (C=O) groups excluding carboxylic acids is 1. The Kier molecular flexibility index (Phi) is 1.28. The number of benzene rings is 1. The first-order chi connectivity index (χ1) is 5.33. The summed E-state index contributed by atoms with van der Waals surface area (Å²) in [4.78, 5) is 10.3. The molecule has 0 N–H and O–H groups in total. The van der Waals surface area contributed by atoms with E-state index >= 15 is 0 Å². The van der Waals surface area contributed by atoms with E-state index in [9.17, 15) is 9.18 Å². The van der Waals surface area contributed by atoms with Gasteiger partial charge in [-0.05, 0) is 36.1 Å². The number of hydrogen-bond acceptors (Lipinski definition) is 1. The lowest BCUT2D eigenvalue weighted by Gasteiger charge is -2.20. The van der Waals surface area contributed by atoms with Gasteiger partial charge in [-0.2, -0.15) is 0 Å². The molecule has 1 radical (unpaired) electrons. The summed E-state index contributed by atoms with van der Waals surface area (Å²) in [5.41, 5.74) is 2.07. The van der Waals surface area contributed by atoms with Crippen molar-refractivity contribution in [1.29, 1.82) is 0 Å². The van der Waals surface area contributed by atoms with Crippen LogP contribution >= 0.6 is 0 Å². The van der Waals surface area contributed by atoms with Gasteiger partial charge in [0.05, 0.1) is 0 Å². The lowest BCUT2D eigenvalue weighted by Crippen LogP contribution is -2.14. The summed E-state index contributed by atoms with van der Waals surface area (Å²) in [5.74, 6) is -0.190. The van der Waals surface area contributed by atoms with E-state index in [2.05, 4.69) is 0 Å². The molecule has 0 aromatic heterocycles. The second-order valence-corrected chi connectivity index (χ2v) is 2.65. The highest BCUT2D eigenvalue weighted by Crippen LogP contribution is 2.27. The maximum absolute atomic E-state index is 12.8. The summed E-state index contributed by atoms with van der Waals surface area (Å²) in [6, 6.07) is 2.82. The van der Waals surface area contributed by atoms with Gasteiger partial charge in [0.15, 0.2) is 0 Å². The zero-order chi connectivity index (χ0) is 7.84. The second kappa shape index (κ2) is 2.16. The highest BCUT2D eigenvalue weighted by molar-refractivity contribution is 5.79. The molecule has 0 fully saturated rings. The van der Waals surface area contributed by atoms with Crippen molar-refractivity contribution in [3.05, 3.63) is 34.6 Å². The molecule has 1 nitrogen and oxygen atoms in total. The molecule has 1 aromatic carbocycles. The van der Waals surface area contributed by atoms with Crippen molar-refractivity contribution in [2.75, 3.05) is 0 Å². The molecule has 11 heavy (non-hydrogen) atoms. The minimum Gasteiger partial charge on any atom is -0.285 e. The average Bonchev–Trinajstić information content (AvgIpc) is 1.93. The zero-order valence-corrected chi connectivity index (χ0v) is 5.86. The molecule has 0 aliphatic heterocycles. The SMILES string of the molecule is O=[C]c1ccc(F)c2c1CC2. The smallest absolute Gasteiger partial charge is 0.233 e. The molecular weight excluding hydrogens is 143 g/mol. The highest BCUT2D eigenvalue weighted by atomic mass is 19.1.